The number of aliphatic hydroxyl groups excluding tert-OH is 1. The Hall–Kier alpha value is -1.54. The lowest BCUT2D eigenvalue weighted by molar-refractivity contribution is -0.137. The molecule has 134 valence electrons. The maximum absolute atomic E-state index is 13.6. The molecule has 3 aliphatic rings. The van der Waals surface area contributed by atoms with Crippen LogP contribution in [0.2, 0.25) is 0 Å². The third kappa shape index (κ3) is 2.33. The number of hydrogen-bond acceptors (Lipinski definition) is 1. The minimum atomic E-state index is -4.48. The van der Waals surface area contributed by atoms with Gasteiger partial charge in [0.15, 0.2) is 5.69 Å². The number of benzene rings is 1. The lowest BCUT2D eigenvalue weighted by Crippen LogP contribution is -2.44. The van der Waals surface area contributed by atoms with E-state index in [2.05, 4.69) is 11.8 Å². The summed E-state index contributed by atoms with van der Waals surface area (Å²) < 4.78 is 40.8. The molecule has 1 aromatic rings. The van der Waals surface area contributed by atoms with Gasteiger partial charge >= 0.3 is 6.18 Å². The normalized spacial score (nSPS) is 37.0. The number of hydrogen-bond donors (Lipinski definition) is 1. The number of nitrogens with zero attached hydrogens (tertiary/aromatic N) is 1. The Morgan fingerprint density at radius 2 is 1.96 bits per heavy atom. The average molecular weight is 349 g/mol. The second kappa shape index (κ2) is 5.48. The molecule has 1 aromatic carbocycles. The van der Waals surface area contributed by atoms with E-state index >= 15 is 0 Å². The first-order valence-electron chi connectivity index (χ1n) is 9.06. The Balaban J connectivity index is 1.79. The van der Waals surface area contributed by atoms with Crippen LogP contribution in [-0.2, 0) is 12.6 Å². The zero-order valence-electron chi connectivity index (χ0n) is 14.2. The van der Waals surface area contributed by atoms with Gasteiger partial charge in [-0.05, 0) is 72.8 Å². The van der Waals surface area contributed by atoms with Gasteiger partial charge in [0, 0.05) is 0 Å². The second-order valence-electron chi connectivity index (χ2n) is 8.19. The zero-order chi connectivity index (χ0) is 18.0. The molecule has 3 aliphatic carbocycles. The van der Waals surface area contributed by atoms with Crippen molar-refractivity contribution in [1.29, 1.82) is 0 Å². The van der Waals surface area contributed by atoms with Crippen LogP contribution in [0.1, 0.15) is 61.6 Å². The first-order valence-corrected chi connectivity index (χ1v) is 9.06. The van der Waals surface area contributed by atoms with E-state index in [0.717, 1.165) is 37.7 Å². The molecule has 0 aliphatic heterocycles. The lowest BCUT2D eigenvalue weighted by Gasteiger charge is -2.50. The van der Waals surface area contributed by atoms with Crippen molar-refractivity contribution in [2.45, 2.75) is 63.6 Å². The summed E-state index contributed by atoms with van der Waals surface area (Å²) in [5, 5.41) is 10.4. The second-order valence-corrected chi connectivity index (χ2v) is 8.19. The molecule has 25 heavy (non-hydrogen) atoms. The molecule has 0 spiro atoms. The van der Waals surface area contributed by atoms with E-state index < -0.39 is 11.7 Å². The monoisotopic (exact) mass is 349 g/mol. The third-order valence-electron chi connectivity index (χ3n) is 7.25. The fraction of sp³-hybridized carbons (Fsp3) is 0.650. The van der Waals surface area contributed by atoms with Gasteiger partial charge in [0.2, 0.25) is 0 Å². The predicted octanol–water partition coefficient (Wildman–Crippen LogP) is 5.47. The minimum absolute atomic E-state index is 0.0814. The fourth-order valence-corrected chi connectivity index (χ4v) is 6.04. The smallest absolute Gasteiger partial charge is 0.393 e. The van der Waals surface area contributed by atoms with Crippen molar-refractivity contribution in [3.63, 3.8) is 0 Å². The Labute approximate surface area is 145 Å². The largest absolute Gasteiger partial charge is 0.407 e. The highest BCUT2D eigenvalue weighted by Gasteiger charge is 2.55. The fourth-order valence-electron chi connectivity index (χ4n) is 6.04. The van der Waals surface area contributed by atoms with E-state index in [4.69, 9.17) is 6.57 Å². The number of alkyl halides is 3. The van der Waals surface area contributed by atoms with Gasteiger partial charge in [-0.25, -0.2) is 4.85 Å². The lowest BCUT2D eigenvalue weighted by atomic mass is 9.55. The van der Waals surface area contributed by atoms with Crippen LogP contribution in [0.4, 0.5) is 18.9 Å². The molecule has 5 heteroatoms. The van der Waals surface area contributed by atoms with Crippen LogP contribution >= 0.6 is 0 Å². The first-order chi connectivity index (χ1) is 11.8. The molecule has 5 atom stereocenters. The van der Waals surface area contributed by atoms with E-state index in [1.54, 1.807) is 6.07 Å². The minimum Gasteiger partial charge on any atom is -0.393 e. The van der Waals surface area contributed by atoms with E-state index in [0.29, 0.717) is 23.8 Å². The average Bonchev–Trinajstić information content (AvgIpc) is 2.87. The summed E-state index contributed by atoms with van der Waals surface area (Å²) in [5.74, 6) is 0.876. The molecule has 0 radical (unpaired) electrons. The van der Waals surface area contributed by atoms with Crippen molar-refractivity contribution in [2.24, 2.45) is 17.3 Å². The topological polar surface area (TPSA) is 24.6 Å². The number of halogens is 3. The van der Waals surface area contributed by atoms with E-state index in [9.17, 15) is 18.3 Å². The summed E-state index contributed by atoms with van der Waals surface area (Å²) in [6.45, 7) is 9.26. The molecule has 1 N–H and O–H groups in total. The zero-order valence-corrected chi connectivity index (χ0v) is 14.2. The van der Waals surface area contributed by atoms with Gasteiger partial charge in [0.25, 0.3) is 0 Å². The van der Waals surface area contributed by atoms with Crippen LogP contribution in [0.3, 0.4) is 0 Å². The van der Waals surface area contributed by atoms with Crippen molar-refractivity contribution in [3.05, 3.63) is 40.2 Å². The summed E-state index contributed by atoms with van der Waals surface area (Å²) in [4.78, 5) is 3.12. The van der Waals surface area contributed by atoms with Crippen LogP contribution < -0.4 is 0 Å². The van der Waals surface area contributed by atoms with Crippen molar-refractivity contribution < 1.29 is 18.3 Å². The van der Waals surface area contributed by atoms with Gasteiger partial charge in [-0.2, -0.15) is 13.2 Å². The molecule has 3 unspecified atom stereocenters. The summed E-state index contributed by atoms with van der Waals surface area (Å²) in [6, 6.07) is 3.12. The number of fused-ring (bicyclic) bond motifs is 5. The van der Waals surface area contributed by atoms with Crippen LogP contribution in [0.15, 0.2) is 12.1 Å². The number of aliphatic hydroxyl groups is 1. The van der Waals surface area contributed by atoms with Gasteiger partial charge in [0.05, 0.1) is 18.2 Å². The highest BCUT2D eigenvalue weighted by molar-refractivity contribution is 5.61. The van der Waals surface area contributed by atoms with Gasteiger partial charge in [0.1, 0.15) is 0 Å². The van der Waals surface area contributed by atoms with Crippen LogP contribution in [0, 0.1) is 23.8 Å². The van der Waals surface area contributed by atoms with Gasteiger partial charge < -0.3 is 5.11 Å². The van der Waals surface area contributed by atoms with Gasteiger partial charge in [-0.1, -0.05) is 19.1 Å². The maximum atomic E-state index is 13.6. The molecule has 2 nitrogen and oxygen atoms in total. The first kappa shape index (κ1) is 16.9. The Morgan fingerprint density at radius 3 is 2.64 bits per heavy atom. The van der Waals surface area contributed by atoms with Gasteiger partial charge in [-0.3, -0.25) is 0 Å². The quantitative estimate of drug-likeness (QED) is 0.617. The molecule has 4 rings (SSSR count). The SMILES string of the molecule is [C-]#[N+]c1ccc2c(c1C(F)(F)F)CCC1C2CC[C@@]2(C)C1CC[C@@H]2O. The highest BCUT2D eigenvalue weighted by atomic mass is 19.4. The van der Waals surface area contributed by atoms with E-state index in [1.807, 2.05) is 0 Å². The van der Waals surface area contributed by atoms with Crippen molar-refractivity contribution in [2.75, 3.05) is 0 Å². The maximum Gasteiger partial charge on any atom is 0.407 e. The van der Waals surface area contributed by atoms with Crippen LogP contribution in [0.25, 0.3) is 4.85 Å². The molecule has 0 aromatic heterocycles. The van der Waals surface area contributed by atoms with E-state index in [1.165, 1.54) is 6.07 Å². The molecule has 2 saturated carbocycles. The molecule has 2 fully saturated rings. The standard InChI is InChI=1S/C20H22F3NO/c1-19-10-9-12-11-5-7-16(24-2)18(20(21,22)23)14(11)4-3-13(12)15(19)6-8-17(19)25/h5,7,12-13,15,17,25H,3-4,6,8-10H2,1H3/t12?,13?,15?,17-,19-/m0/s1. The summed E-state index contributed by atoms with van der Waals surface area (Å²) in [5.41, 5.74) is 0.0887. The highest BCUT2D eigenvalue weighted by Crippen LogP contribution is 2.61. The molecule has 0 bridgehead atoms. The van der Waals surface area contributed by atoms with Gasteiger partial charge in [-0.15, -0.1) is 0 Å². The Kier molecular flexibility index (Phi) is 3.70. The van der Waals surface area contributed by atoms with Crippen LogP contribution in [0.5, 0.6) is 0 Å². The molecular weight excluding hydrogens is 327 g/mol. The molecule has 0 heterocycles. The summed E-state index contributed by atoms with van der Waals surface area (Å²) in [7, 11) is 0. The predicted molar refractivity (Wildman–Crippen MR) is 88.3 cm³/mol. The number of rotatable bonds is 0. The molecule has 0 amide bonds. The molecular formula is C20H22F3NO. The Morgan fingerprint density at radius 1 is 1.20 bits per heavy atom. The summed E-state index contributed by atoms with van der Waals surface area (Å²) >= 11 is 0. The molecule has 0 saturated heterocycles. The Bertz CT molecular complexity index is 751. The van der Waals surface area contributed by atoms with Crippen molar-refractivity contribution in [3.8, 4) is 0 Å². The van der Waals surface area contributed by atoms with Crippen molar-refractivity contribution >= 4 is 5.69 Å². The van der Waals surface area contributed by atoms with Crippen molar-refractivity contribution in [1.82, 2.24) is 0 Å². The van der Waals surface area contributed by atoms with E-state index in [-0.39, 0.29) is 23.1 Å². The van der Waals surface area contributed by atoms with Crippen LogP contribution in [-0.4, -0.2) is 11.2 Å². The summed E-state index contributed by atoms with van der Waals surface area (Å²) in [6.07, 6.45) is -0.170. The third-order valence-corrected chi connectivity index (χ3v) is 7.25.